The van der Waals surface area contributed by atoms with Gasteiger partial charge in [-0.3, -0.25) is 4.99 Å². The summed E-state index contributed by atoms with van der Waals surface area (Å²) >= 11 is 0. The van der Waals surface area contributed by atoms with Crippen molar-refractivity contribution in [3.05, 3.63) is 35.4 Å². The molecule has 1 saturated heterocycles. The van der Waals surface area contributed by atoms with Crippen LogP contribution in [0.25, 0.3) is 0 Å². The molecule has 0 atom stereocenters. The number of piperidine rings is 1. The van der Waals surface area contributed by atoms with Crippen LogP contribution in [0, 0.1) is 12.8 Å². The van der Waals surface area contributed by atoms with Crippen molar-refractivity contribution in [1.29, 1.82) is 0 Å². The summed E-state index contributed by atoms with van der Waals surface area (Å²) in [5.74, 6) is 1.25. The van der Waals surface area contributed by atoms with E-state index in [1.165, 1.54) is 17.4 Å². The van der Waals surface area contributed by atoms with Gasteiger partial charge in [-0.15, -0.1) is 24.0 Å². The maximum absolute atomic E-state index is 11.5. The van der Waals surface area contributed by atoms with Gasteiger partial charge < -0.3 is 10.6 Å². The number of sulfonamides is 1. The van der Waals surface area contributed by atoms with E-state index in [1.54, 1.807) is 11.4 Å². The highest BCUT2D eigenvalue weighted by atomic mass is 127. The predicted octanol–water partition coefficient (Wildman–Crippen LogP) is 1.95. The third-order valence-electron chi connectivity index (χ3n) is 4.37. The lowest BCUT2D eigenvalue weighted by Gasteiger charge is -2.30. The van der Waals surface area contributed by atoms with E-state index in [4.69, 9.17) is 0 Å². The molecule has 1 fully saturated rings. The summed E-state index contributed by atoms with van der Waals surface area (Å²) in [6.07, 6.45) is 3.05. The van der Waals surface area contributed by atoms with Gasteiger partial charge >= 0.3 is 0 Å². The second-order valence-corrected chi connectivity index (χ2v) is 8.38. The molecule has 142 valence electrons. The van der Waals surface area contributed by atoms with Crippen LogP contribution in [-0.2, 0) is 16.6 Å². The van der Waals surface area contributed by atoms with Crippen molar-refractivity contribution < 1.29 is 8.42 Å². The lowest BCUT2D eigenvalue weighted by atomic mass is 9.98. The Kier molecular flexibility index (Phi) is 9.15. The number of aryl methyl sites for hydroxylation is 1. The van der Waals surface area contributed by atoms with Crippen LogP contribution in [-0.4, -0.2) is 51.6 Å². The van der Waals surface area contributed by atoms with Crippen molar-refractivity contribution in [2.24, 2.45) is 10.9 Å². The fourth-order valence-electron chi connectivity index (χ4n) is 2.91. The van der Waals surface area contributed by atoms with Gasteiger partial charge in [0.05, 0.1) is 6.26 Å². The number of aliphatic imine (C=N–C) groups is 1. The maximum atomic E-state index is 11.5. The molecule has 0 amide bonds. The van der Waals surface area contributed by atoms with Crippen LogP contribution in [0.3, 0.4) is 0 Å². The van der Waals surface area contributed by atoms with E-state index in [2.05, 4.69) is 46.8 Å². The molecule has 2 rings (SSSR count). The lowest BCUT2D eigenvalue weighted by Crippen LogP contribution is -2.43. The zero-order valence-electron chi connectivity index (χ0n) is 15.2. The normalized spacial score (nSPS) is 17.0. The van der Waals surface area contributed by atoms with E-state index in [0.29, 0.717) is 19.0 Å². The summed E-state index contributed by atoms with van der Waals surface area (Å²) in [5.41, 5.74) is 2.47. The highest BCUT2D eigenvalue weighted by Gasteiger charge is 2.24. The minimum absolute atomic E-state index is 0. The number of nitrogens with zero attached hydrogens (tertiary/aromatic N) is 2. The molecule has 0 saturated carbocycles. The molecule has 0 radical (unpaired) electrons. The van der Waals surface area contributed by atoms with Crippen LogP contribution in [0.4, 0.5) is 0 Å². The Morgan fingerprint density at radius 1 is 1.28 bits per heavy atom. The molecule has 1 heterocycles. The predicted molar refractivity (Wildman–Crippen MR) is 114 cm³/mol. The van der Waals surface area contributed by atoms with Gasteiger partial charge in [0.25, 0.3) is 0 Å². The van der Waals surface area contributed by atoms with Gasteiger partial charge in [0.2, 0.25) is 10.0 Å². The average Bonchev–Trinajstić information content (AvgIpc) is 2.55. The highest BCUT2D eigenvalue weighted by Crippen LogP contribution is 2.18. The molecule has 0 unspecified atom stereocenters. The van der Waals surface area contributed by atoms with Gasteiger partial charge in [-0.25, -0.2) is 12.7 Å². The van der Waals surface area contributed by atoms with Crippen molar-refractivity contribution in [2.75, 3.05) is 32.9 Å². The van der Waals surface area contributed by atoms with E-state index in [9.17, 15) is 8.42 Å². The van der Waals surface area contributed by atoms with E-state index < -0.39 is 10.0 Å². The van der Waals surface area contributed by atoms with Crippen molar-refractivity contribution in [3.8, 4) is 0 Å². The van der Waals surface area contributed by atoms with Gasteiger partial charge in [-0.05, 0) is 31.2 Å². The molecule has 8 heteroatoms. The number of halogens is 1. The number of hydrogen-bond acceptors (Lipinski definition) is 3. The van der Waals surface area contributed by atoms with E-state index in [1.807, 2.05) is 0 Å². The number of nitrogens with one attached hydrogen (secondary N) is 2. The van der Waals surface area contributed by atoms with Gasteiger partial charge in [-0.1, -0.05) is 29.8 Å². The number of rotatable bonds is 5. The van der Waals surface area contributed by atoms with Crippen molar-refractivity contribution >= 4 is 40.0 Å². The first-order valence-electron chi connectivity index (χ1n) is 8.33. The molecular weight excluding hydrogens is 451 g/mol. The van der Waals surface area contributed by atoms with Crippen LogP contribution in [0.5, 0.6) is 0 Å². The van der Waals surface area contributed by atoms with Crippen LogP contribution in [0.15, 0.2) is 29.3 Å². The Labute approximate surface area is 168 Å². The summed E-state index contributed by atoms with van der Waals surface area (Å²) in [6.45, 7) is 4.85. The van der Waals surface area contributed by atoms with E-state index in [-0.39, 0.29) is 24.0 Å². The quantitative estimate of drug-likeness (QED) is 0.384. The van der Waals surface area contributed by atoms with Crippen LogP contribution in [0.2, 0.25) is 0 Å². The molecule has 0 spiro atoms. The fraction of sp³-hybridized carbons (Fsp3) is 0.588. The molecule has 0 aliphatic carbocycles. The first-order valence-corrected chi connectivity index (χ1v) is 10.2. The number of guanidine groups is 1. The third-order valence-corrected chi connectivity index (χ3v) is 5.67. The van der Waals surface area contributed by atoms with Gasteiger partial charge in [0.1, 0.15) is 0 Å². The number of benzene rings is 1. The molecule has 0 aromatic heterocycles. The molecule has 1 aliphatic heterocycles. The Hall–Kier alpha value is -0.870. The minimum Gasteiger partial charge on any atom is -0.356 e. The Morgan fingerprint density at radius 3 is 2.52 bits per heavy atom. The first-order chi connectivity index (χ1) is 11.4. The average molecular weight is 480 g/mol. The summed E-state index contributed by atoms with van der Waals surface area (Å²) in [4.78, 5) is 4.25. The maximum Gasteiger partial charge on any atom is 0.211 e. The van der Waals surface area contributed by atoms with Crippen LogP contribution >= 0.6 is 24.0 Å². The fourth-order valence-corrected chi connectivity index (χ4v) is 3.79. The standard InChI is InChI=1S/C17H28N4O2S.HI/c1-14-5-4-6-16(11-14)13-20-17(18-2)19-12-15-7-9-21(10-8-15)24(3,22)23;/h4-6,11,15H,7-10,12-13H2,1-3H3,(H2,18,19,20);1H. The monoisotopic (exact) mass is 480 g/mol. The molecule has 1 aromatic carbocycles. The first kappa shape index (κ1) is 22.2. The molecule has 1 aliphatic rings. The van der Waals surface area contributed by atoms with Crippen LogP contribution in [0.1, 0.15) is 24.0 Å². The van der Waals surface area contributed by atoms with Crippen LogP contribution < -0.4 is 10.6 Å². The zero-order chi connectivity index (χ0) is 17.6. The second kappa shape index (κ2) is 10.3. The largest absolute Gasteiger partial charge is 0.356 e. The topological polar surface area (TPSA) is 73.8 Å². The van der Waals surface area contributed by atoms with Crippen molar-refractivity contribution in [1.82, 2.24) is 14.9 Å². The summed E-state index contributed by atoms with van der Waals surface area (Å²) in [7, 11) is -1.29. The lowest BCUT2D eigenvalue weighted by molar-refractivity contribution is 0.275. The summed E-state index contributed by atoms with van der Waals surface area (Å²) in [5, 5.41) is 6.67. The SMILES string of the molecule is CN=C(NCc1cccc(C)c1)NCC1CCN(S(C)(=O)=O)CC1.I. The third kappa shape index (κ3) is 7.49. The Bertz CT molecular complexity index is 671. The van der Waals surface area contributed by atoms with Gasteiger partial charge in [0.15, 0.2) is 5.96 Å². The second-order valence-electron chi connectivity index (χ2n) is 6.40. The molecule has 0 bridgehead atoms. The van der Waals surface area contributed by atoms with Gasteiger partial charge in [-0.2, -0.15) is 0 Å². The molecule has 6 nitrogen and oxygen atoms in total. The zero-order valence-corrected chi connectivity index (χ0v) is 18.3. The minimum atomic E-state index is -3.05. The molecular formula is C17H29IN4O2S. The van der Waals surface area contributed by atoms with Gasteiger partial charge in [0, 0.05) is 33.2 Å². The van der Waals surface area contributed by atoms with Crippen molar-refractivity contribution in [3.63, 3.8) is 0 Å². The summed E-state index contributed by atoms with van der Waals surface area (Å²) < 4.78 is 24.6. The Balaban J connectivity index is 0.00000312. The van der Waals surface area contributed by atoms with Crippen molar-refractivity contribution in [2.45, 2.75) is 26.3 Å². The molecule has 2 N–H and O–H groups in total. The Morgan fingerprint density at radius 2 is 1.96 bits per heavy atom. The molecule has 25 heavy (non-hydrogen) atoms. The van der Waals surface area contributed by atoms with E-state index in [0.717, 1.165) is 31.9 Å². The highest BCUT2D eigenvalue weighted by molar-refractivity contribution is 14.0. The summed E-state index contributed by atoms with van der Waals surface area (Å²) in [6, 6.07) is 8.38. The van der Waals surface area contributed by atoms with E-state index >= 15 is 0 Å². The smallest absolute Gasteiger partial charge is 0.211 e. The number of hydrogen-bond donors (Lipinski definition) is 2. The molecule has 1 aromatic rings.